The topological polar surface area (TPSA) is 246 Å². The number of likely N-dealkylation sites (tertiary alicyclic amines) is 1. The van der Waals surface area contributed by atoms with Gasteiger partial charge < -0.3 is 45.6 Å². The summed E-state index contributed by atoms with van der Waals surface area (Å²) in [6.07, 6.45) is 19.6. The van der Waals surface area contributed by atoms with Crippen LogP contribution in [0, 0.1) is 37.0 Å². The number of nitrogens with zero attached hydrogens (tertiary/aromatic N) is 10. The Balaban J connectivity index is 0.534. The van der Waals surface area contributed by atoms with Crippen molar-refractivity contribution in [2.75, 3.05) is 55.8 Å². The second kappa shape index (κ2) is 29.7. The highest BCUT2D eigenvalue weighted by Crippen LogP contribution is 2.72. The van der Waals surface area contributed by atoms with Crippen LogP contribution in [-0.4, -0.2) is 158 Å². The van der Waals surface area contributed by atoms with Crippen molar-refractivity contribution in [2.45, 2.75) is 224 Å². The van der Waals surface area contributed by atoms with Gasteiger partial charge in [0.15, 0.2) is 28.1 Å². The number of thiazole rings is 2. The van der Waals surface area contributed by atoms with Crippen molar-refractivity contribution < 1.29 is 38.5 Å². The summed E-state index contributed by atoms with van der Waals surface area (Å²) in [6, 6.07) is 17.7. The summed E-state index contributed by atoms with van der Waals surface area (Å²) in [5.41, 5.74) is 8.06. The zero-order valence-electron chi connectivity index (χ0n) is 60.0. The molecule has 20 nitrogen and oxygen atoms in total. The number of pyridine rings is 1. The van der Waals surface area contributed by atoms with Gasteiger partial charge in [-0.2, -0.15) is 16.9 Å². The maximum absolute atomic E-state index is 15.2. The van der Waals surface area contributed by atoms with E-state index < -0.39 is 46.4 Å². The Kier molecular flexibility index (Phi) is 21.3. The number of aliphatic hydroxyl groups is 1. The molecule has 5 atom stereocenters. The maximum Gasteiger partial charge on any atom is 0.355 e. The van der Waals surface area contributed by atoms with Gasteiger partial charge in [0, 0.05) is 71.8 Å². The van der Waals surface area contributed by atoms with Crippen molar-refractivity contribution in [2.24, 2.45) is 16.2 Å². The molecule has 5 saturated carbocycles. The first-order chi connectivity index (χ1) is 48.3. The van der Waals surface area contributed by atoms with E-state index in [9.17, 15) is 29.4 Å². The second-order valence-electron chi connectivity index (χ2n) is 31.6. The molecule has 2 aromatic carbocycles. The number of unbranched alkanes of at least 4 members (excludes halogenated alkanes) is 8. The van der Waals surface area contributed by atoms with E-state index in [0.29, 0.717) is 36.2 Å². The van der Waals surface area contributed by atoms with Crippen LogP contribution in [0.1, 0.15) is 188 Å². The van der Waals surface area contributed by atoms with Gasteiger partial charge in [0.1, 0.15) is 17.9 Å². The number of alkyl halides is 1. The van der Waals surface area contributed by atoms with E-state index in [1.165, 1.54) is 37.0 Å². The number of hydrogen-bond acceptors (Lipinski definition) is 18. The zero-order chi connectivity index (χ0) is 71.1. The molecule has 5 N–H and O–H groups in total. The predicted molar refractivity (Wildman–Crippen MR) is 398 cm³/mol. The standard InChI is InChI=1S/C77H100FN13O7S3/c1-49-55-21-20-33-89(66(55)87-86-65(49)85-71-82-58-22-16-17-23-60(58)101-71)61-29-28-56(62(83-61)69(95)96)57-39-81-91(51(57)3)47-75-42-73(6)41-74(7,43-75)45-76(44-73,46-75)98-35-34-88(8)32-18-14-12-10-9-11-13-15-19-36-100-72(4,5)64(84-70(97)77(78)30-31-77)68(94)90-40-54(92)37-59(90)67(93)79-38-52-24-26-53(27-25-52)63-50(2)80-48-99-63/h16-17,22-29,39,48,54,59,64,92H,9-15,18-21,30-38,40-47H2,1-8H3,(H,79,93)(H,84,97)(H,95,96)(H,82,85,86)/t54-,59+,64-,73?,74?,75?,76?/m1/s1. The molecule has 1 saturated heterocycles. The number of carboxylic acids is 1. The minimum atomic E-state index is -1.99. The minimum absolute atomic E-state index is 0.00328. The molecule has 4 bridgehead atoms. The first-order valence-corrected chi connectivity index (χ1v) is 39.3. The highest BCUT2D eigenvalue weighted by Gasteiger charge is 2.66. The molecule has 0 radical (unpaired) electrons. The number of para-hydroxylation sites is 1. The highest BCUT2D eigenvalue weighted by molar-refractivity contribution is 8.00. The van der Waals surface area contributed by atoms with Crippen LogP contribution in [-0.2, 0) is 38.6 Å². The Hall–Kier alpha value is -6.96. The number of carbonyl (C=O) groups is 4. The minimum Gasteiger partial charge on any atom is -0.476 e. The number of halogens is 1. The molecular formula is C77H100FN13O7S3. The molecule has 7 aromatic rings. The summed E-state index contributed by atoms with van der Waals surface area (Å²) < 4.78 is 24.8. The van der Waals surface area contributed by atoms with Crippen LogP contribution < -0.4 is 20.9 Å². The molecule has 6 fully saturated rings. The number of benzene rings is 2. The lowest BCUT2D eigenvalue weighted by Crippen LogP contribution is -2.64. The summed E-state index contributed by atoms with van der Waals surface area (Å²) in [5, 5.41) is 45.8. The number of aliphatic hydroxyl groups excluding tert-OH is 1. The monoisotopic (exact) mass is 1430 g/mol. The lowest BCUT2D eigenvalue weighted by molar-refractivity contribution is -0.248. The molecule has 7 heterocycles. The number of rotatable bonds is 32. The molecular weight excluding hydrogens is 1330 g/mol. The molecule has 3 amide bonds. The Morgan fingerprint density at radius 2 is 1.58 bits per heavy atom. The maximum atomic E-state index is 15.2. The third kappa shape index (κ3) is 16.1. The Labute approximate surface area is 605 Å². The van der Waals surface area contributed by atoms with Crippen molar-refractivity contribution in [1.29, 1.82) is 0 Å². The number of likely N-dealkylation sites (N-methyl/N-ethyl adjacent to an activating group) is 1. The summed E-state index contributed by atoms with van der Waals surface area (Å²) in [4.78, 5) is 75.5. The average molecular weight is 1430 g/mol. The number of aromatic nitrogens is 7. The van der Waals surface area contributed by atoms with Crippen molar-refractivity contribution >= 4 is 90.9 Å². The van der Waals surface area contributed by atoms with Gasteiger partial charge in [-0.25, -0.2) is 24.1 Å². The van der Waals surface area contributed by atoms with E-state index in [0.717, 1.165) is 162 Å². The third-order valence-electron chi connectivity index (χ3n) is 22.4. The Bertz CT molecular complexity index is 4120. The smallest absolute Gasteiger partial charge is 0.355 e. The van der Waals surface area contributed by atoms with Crippen LogP contribution in [0.2, 0.25) is 0 Å². The molecule has 2 aliphatic heterocycles. The first-order valence-electron chi connectivity index (χ1n) is 36.6. The van der Waals surface area contributed by atoms with Crippen molar-refractivity contribution in [1.82, 2.24) is 55.4 Å². The van der Waals surface area contributed by atoms with Gasteiger partial charge >= 0.3 is 5.97 Å². The molecule has 540 valence electrons. The van der Waals surface area contributed by atoms with Gasteiger partial charge in [0.25, 0.3) is 5.91 Å². The van der Waals surface area contributed by atoms with Gasteiger partial charge in [-0.15, -0.1) is 21.5 Å². The number of aromatic carboxylic acids is 1. The van der Waals surface area contributed by atoms with Gasteiger partial charge in [0.2, 0.25) is 11.8 Å². The van der Waals surface area contributed by atoms with Gasteiger partial charge in [0.05, 0.1) is 50.8 Å². The molecule has 14 rings (SSSR count). The number of aryl methyl sites for hydroxylation is 1. The second-order valence-corrected chi connectivity index (χ2v) is 35.2. The summed E-state index contributed by atoms with van der Waals surface area (Å²) >= 11 is 4.73. The number of hydrogen-bond donors (Lipinski definition) is 5. The molecule has 0 spiro atoms. The number of thioether (sulfide) groups is 1. The van der Waals surface area contributed by atoms with Crippen LogP contribution in [0.15, 0.2) is 72.4 Å². The average Bonchev–Trinajstić information content (AvgIpc) is 1.11. The van der Waals surface area contributed by atoms with E-state index in [2.05, 4.69) is 69.5 Å². The van der Waals surface area contributed by atoms with Crippen LogP contribution in [0.4, 0.5) is 27.0 Å². The summed E-state index contributed by atoms with van der Waals surface area (Å²) in [5.74, 6) is -0.139. The molecule has 5 aromatic heterocycles. The number of anilines is 4. The van der Waals surface area contributed by atoms with Crippen LogP contribution in [0.5, 0.6) is 0 Å². The number of amides is 3. The van der Waals surface area contributed by atoms with E-state index >= 15 is 4.39 Å². The van der Waals surface area contributed by atoms with Crippen molar-refractivity contribution in [3.8, 4) is 21.6 Å². The van der Waals surface area contributed by atoms with Gasteiger partial charge in [-0.3, -0.25) is 19.1 Å². The van der Waals surface area contributed by atoms with Gasteiger partial charge in [-0.05, 0) is 183 Å². The molecule has 24 heteroatoms. The largest absolute Gasteiger partial charge is 0.476 e. The lowest BCUT2D eigenvalue weighted by atomic mass is 9.39. The van der Waals surface area contributed by atoms with E-state index in [4.69, 9.17) is 24.9 Å². The molecule has 5 aliphatic carbocycles. The summed E-state index contributed by atoms with van der Waals surface area (Å²) in [7, 11) is 2.22. The van der Waals surface area contributed by atoms with E-state index in [1.54, 1.807) is 34.4 Å². The quantitative estimate of drug-likeness (QED) is 0.0246. The Morgan fingerprint density at radius 1 is 0.861 bits per heavy atom. The van der Waals surface area contributed by atoms with Crippen molar-refractivity contribution in [3.05, 3.63) is 106 Å². The SMILES string of the molecule is Cc1ncsc1-c1ccc(CNC(=O)[C@@H]2C[C@@H](O)CN2C(=O)[C@@H](NC(=O)C2(F)CC2)C(C)(C)SCCCCCCCCCCCN(C)CCOC23CC4(C)CC(C)(CC(Cn5ncc(-c6ccc(N7CCCc8c7nnc(Nc7nc9ccccc9s7)c8C)nc6C(=O)O)c5C)(C4)C2)C3)cc1. The highest BCUT2D eigenvalue weighted by atomic mass is 32.2. The Morgan fingerprint density at radius 3 is 2.29 bits per heavy atom. The predicted octanol–water partition coefficient (Wildman–Crippen LogP) is 14.3. The fourth-order valence-corrected chi connectivity index (χ4v) is 21.1. The fourth-order valence-electron chi connectivity index (χ4n) is 18.2. The first kappa shape index (κ1) is 72.4. The number of ether oxygens (including phenoxy) is 1. The normalized spacial score (nSPS) is 23.8. The molecule has 7 aliphatic rings. The van der Waals surface area contributed by atoms with Crippen molar-refractivity contribution in [3.63, 3.8) is 0 Å². The third-order valence-corrected chi connectivity index (χ3v) is 25.8. The number of carbonyl (C=O) groups excluding carboxylic acids is 3. The number of nitrogens with one attached hydrogen (secondary N) is 3. The number of β-amino-alcohol motifs (C(OH)–C–C–N with tert-alkyl or cyclic N) is 1. The zero-order valence-corrected chi connectivity index (χ0v) is 62.4. The van der Waals surface area contributed by atoms with Crippen LogP contribution >= 0.6 is 34.4 Å². The number of carboxylic acid groups (broad SMARTS) is 1. The van der Waals surface area contributed by atoms with Crippen LogP contribution in [0.3, 0.4) is 0 Å². The molecule has 2 unspecified atom stereocenters. The fraction of sp³-hybridized carbons (Fsp3) is 0.584. The van der Waals surface area contributed by atoms with Gasteiger partial charge in [-0.1, -0.05) is 107 Å². The lowest BCUT2D eigenvalue weighted by Gasteiger charge is -2.69. The van der Waals surface area contributed by atoms with Crippen LogP contribution in [0.25, 0.3) is 31.8 Å². The number of fused-ring (bicyclic) bond motifs is 2. The van der Waals surface area contributed by atoms with E-state index in [-0.39, 0.29) is 65.8 Å². The molecule has 101 heavy (non-hydrogen) atoms. The summed E-state index contributed by atoms with van der Waals surface area (Å²) in [6.45, 7) is 19.0. The van der Waals surface area contributed by atoms with E-state index in [1.807, 2.05) is 98.9 Å².